The molecule has 1 amide bonds. The van der Waals surface area contributed by atoms with Crippen molar-refractivity contribution in [1.82, 2.24) is 14.1 Å². The quantitative estimate of drug-likeness (QED) is 0.533. The van der Waals surface area contributed by atoms with E-state index in [1.165, 1.54) is 27.6 Å². The van der Waals surface area contributed by atoms with Gasteiger partial charge in [-0.1, -0.05) is 42.3 Å². The molecule has 3 atom stereocenters. The van der Waals surface area contributed by atoms with Crippen LogP contribution in [0.15, 0.2) is 53.4 Å². The molecule has 0 aliphatic carbocycles. The predicted molar refractivity (Wildman–Crippen MR) is 144 cm³/mol. The van der Waals surface area contributed by atoms with Gasteiger partial charge in [0.2, 0.25) is 10.0 Å². The van der Waals surface area contributed by atoms with E-state index in [4.69, 9.17) is 16.3 Å². The molecule has 3 aliphatic heterocycles. The van der Waals surface area contributed by atoms with Gasteiger partial charge in [-0.05, 0) is 74.4 Å². The lowest BCUT2D eigenvalue weighted by molar-refractivity contribution is 0.0418. The van der Waals surface area contributed by atoms with Crippen LogP contribution < -0.4 is 0 Å². The fourth-order valence-corrected chi connectivity index (χ4v) is 8.08. The molecule has 9 heteroatoms. The maximum atomic E-state index is 13.5. The van der Waals surface area contributed by atoms with Crippen LogP contribution in [0.2, 0.25) is 5.02 Å². The number of fused-ring (bicyclic) bond motifs is 1. The lowest BCUT2D eigenvalue weighted by atomic mass is 9.96. The van der Waals surface area contributed by atoms with Crippen molar-refractivity contribution in [3.05, 3.63) is 64.7 Å². The molecule has 0 aromatic heterocycles. The zero-order valence-electron chi connectivity index (χ0n) is 21.4. The van der Waals surface area contributed by atoms with Crippen molar-refractivity contribution in [3.63, 3.8) is 0 Å². The Bertz CT molecular complexity index is 1210. The minimum atomic E-state index is -3.73. The first-order chi connectivity index (χ1) is 17.8. The Balaban J connectivity index is 1.21. The molecule has 3 heterocycles. The topological polar surface area (TPSA) is 70.2 Å². The van der Waals surface area contributed by atoms with Crippen molar-refractivity contribution in [2.24, 2.45) is 0 Å². The third-order valence-electron chi connectivity index (χ3n) is 8.07. The Kier molecular flexibility index (Phi) is 8.10. The van der Waals surface area contributed by atoms with Crippen LogP contribution in [-0.4, -0.2) is 73.0 Å². The molecule has 2 aromatic carbocycles. The molecule has 0 bridgehead atoms. The van der Waals surface area contributed by atoms with Crippen molar-refractivity contribution in [1.29, 1.82) is 0 Å². The predicted octanol–water partition coefficient (Wildman–Crippen LogP) is 4.93. The average Bonchev–Trinajstić information content (AvgIpc) is 2.91. The van der Waals surface area contributed by atoms with E-state index >= 15 is 0 Å². The van der Waals surface area contributed by atoms with E-state index in [1.54, 1.807) is 17.0 Å². The van der Waals surface area contributed by atoms with Crippen molar-refractivity contribution in [2.45, 2.75) is 75.0 Å². The second-order valence-corrected chi connectivity index (χ2v) is 12.8. The van der Waals surface area contributed by atoms with Gasteiger partial charge in [0.1, 0.15) is 6.61 Å². The maximum absolute atomic E-state index is 13.5. The summed E-state index contributed by atoms with van der Waals surface area (Å²) in [6.45, 7) is 5.23. The molecule has 0 spiro atoms. The van der Waals surface area contributed by atoms with Gasteiger partial charge in [-0.3, -0.25) is 4.90 Å². The van der Waals surface area contributed by atoms with Gasteiger partial charge in [-0.15, -0.1) is 0 Å². The van der Waals surface area contributed by atoms with Crippen LogP contribution >= 0.6 is 11.6 Å². The van der Waals surface area contributed by atoms with Crippen molar-refractivity contribution in [3.8, 4) is 0 Å². The number of piperidine rings is 2. The van der Waals surface area contributed by atoms with Gasteiger partial charge in [0.15, 0.2) is 0 Å². The Morgan fingerprint density at radius 2 is 1.76 bits per heavy atom. The number of sulfonamides is 1. The fourth-order valence-electron chi connectivity index (χ4n) is 6.09. The first-order valence-corrected chi connectivity index (χ1v) is 15.2. The molecule has 0 radical (unpaired) electrons. The molecule has 200 valence electrons. The summed E-state index contributed by atoms with van der Waals surface area (Å²) in [4.78, 5) is 17.6. The van der Waals surface area contributed by atoms with Gasteiger partial charge < -0.3 is 9.64 Å². The van der Waals surface area contributed by atoms with E-state index in [0.29, 0.717) is 30.6 Å². The van der Waals surface area contributed by atoms with E-state index < -0.39 is 10.0 Å². The number of rotatable bonds is 5. The lowest BCUT2D eigenvalue weighted by Gasteiger charge is -2.41. The van der Waals surface area contributed by atoms with E-state index in [9.17, 15) is 13.2 Å². The normalized spacial score (nSPS) is 25.5. The summed E-state index contributed by atoms with van der Waals surface area (Å²) in [6, 6.07) is 14.6. The molecular formula is C28H36ClN3O4S. The van der Waals surface area contributed by atoms with Crippen molar-refractivity contribution in [2.75, 3.05) is 26.2 Å². The molecule has 3 aliphatic rings. The summed E-state index contributed by atoms with van der Waals surface area (Å²) in [7, 11) is -3.73. The van der Waals surface area contributed by atoms with E-state index in [2.05, 4.69) is 29.2 Å². The standard InChI is InChI=1S/C28H36ClN3O4S/c1-21-6-4-9-26(32(21)37(34,35)27-13-11-24(29)12-14-27)20-36-28(33)31-16-5-10-25(19-31)30-17-15-22-7-2-3-8-23(22)18-30/h2-3,7-8,11-14,21,25-26H,4-6,9-10,15-20H2,1H3/t21-,25?,26-/m1/s1. The Morgan fingerprint density at radius 1 is 1.00 bits per heavy atom. The number of carbonyl (C=O) groups excluding carboxylic acids is 1. The van der Waals surface area contributed by atoms with Crippen LogP contribution in [0.25, 0.3) is 0 Å². The molecule has 7 nitrogen and oxygen atoms in total. The average molecular weight is 546 g/mol. The summed E-state index contributed by atoms with van der Waals surface area (Å²) in [5.74, 6) is 0. The number of hydrogen-bond donors (Lipinski definition) is 0. The monoisotopic (exact) mass is 545 g/mol. The highest BCUT2D eigenvalue weighted by molar-refractivity contribution is 7.89. The summed E-state index contributed by atoms with van der Waals surface area (Å²) in [6.07, 6.45) is 5.05. The molecule has 0 N–H and O–H groups in total. The fraction of sp³-hybridized carbons (Fsp3) is 0.536. The molecule has 2 saturated heterocycles. The second kappa shape index (κ2) is 11.3. The lowest BCUT2D eigenvalue weighted by Crippen LogP contribution is -2.53. The van der Waals surface area contributed by atoms with Crippen LogP contribution in [0.5, 0.6) is 0 Å². The van der Waals surface area contributed by atoms with E-state index in [0.717, 1.165) is 45.2 Å². The number of ether oxygens (including phenoxy) is 1. The molecular weight excluding hydrogens is 510 g/mol. The highest BCUT2D eigenvalue weighted by Gasteiger charge is 2.39. The molecule has 5 rings (SSSR count). The van der Waals surface area contributed by atoms with Crippen LogP contribution in [0, 0.1) is 0 Å². The third kappa shape index (κ3) is 5.82. The molecule has 2 fully saturated rings. The van der Waals surface area contributed by atoms with Crippen LogP contribution in [-0.2, 0) is 27.7 Å². The van der Waals surface area contributed by atoms with Crippen molar-refractivity contribution < 1.29 is 17.9 Å². The Labute approximate surface area is 225 Å². The van der Waals surface area contributed by atoms with Crippen LogP contribution in [0.1, 0.15) is 50.2 Å². The van der Waals surface area contributed by atoms with Gasteiger partial charge in [-0.25, -0.2) is 13.2 Å². The van der Waals surface area contributed by atoms with Crippen LogP contribution in [0.3, 0.4) is 0 Å². The SMILES string of the molecule is C[C@@H]1CCC[C@H](COC(=O)N2CCCC(N3CCc4ccccc4C3)C2)N1S(=O)(=O)c1ccc(Cl)cc1. The first-order valence-electron chi connectivity index (χ1n) is 13.3. The summed E-state index contributed by atoms with van der Waals surface area (Å²) in [5.41, 5.74) is 2.80. The minimum Gasteiger partial charge on any atom is -0.448 e. The highest BCUT2D eigenvalue weighted by atomic mass is 35.5. The number of likely N-dealkylation sites (tertiary alicyclic amines) is 1. The zero-order valence-corrected chi connectivity index (χ0v) is 23.0. The number of amides is 1. The third-order valence-corrected chi connectivity index (χ3v) is 10.4. The summed E-state index contributed by atoms with van der Waals surface area (Å²) >= 11 is 5.97. The van der Waals surface area contributed by atoms with Gasteiger partial charge in [-0.2, -0.15) is 4.31 Å². The van der Waals surface area contributed by atoms with Gasteiger partial charge >= 0.3 is 6.09 Å². The summed E-state index contributed by atoms with van der Waals surface area (Å²) in [5, 5.41) is 0.490. The largest absolute Gasteiger partial charge is 0.448 e. The van der Waals surface area contributed by atoms with Crippen molar-refractivity contribution >= 4 is 27.7 Å². The first kappa shape index (κ1) is 26.5. The number of halogens is 1. The van der Waals surface area contributed by atoms with E-state index in [-0.39, 0.29) is 29.7 Å². The van der Waals surface area contributed by atoms with Gasteiger partial charge in [0.05, 0.1) is 10.9 Å². The Hall–Kier alpha value is -2.13. The number of benzene rings is 2. The number of carbonyl (C=O) groups is 1. The van der Waals surface area contributed by atoms with E-state index in [1.807, 2.05) is 6.92 Å². The molecule has 1 unspecified atom stereocenters. The zero-order chi connectivity index (χ0) is 26.0. The molecule has 37 heavy (non-hydrogen) atoms. The smallest absolute Gasteiger partial charge is 0.409 e. The maximum Gasteiger partial charge on any atom is 0.409 e. The van der Waals surface area contributed by atoms with Gasteiger partial charge in [0.25, 0.3) is 0 Å². The number of hydrogen-bond acceptors (Lipinski definition) is 5. The Morgan fingerprint density at radius 3 is 2.54 bits per heavy atom. The molecule has 2 aromatic rings. The summed E-state index contributed by atoms with van der Waals surface area (Å²) < 4.78 is 34.3. The number of nitrogens with zero attached hydrogens (tertiary/aromatic N) is 3. The second-order valence-electron chi connectivity index (χ2n) is 10.5. The van der Waals surface area contributed by atoms with Gasteiger partial charge in [0, 0.05) is 43.3 Å². The minimum absolute atomic E-state index is 0.0637. The highest BCUT2D eigenvalue weighted by Crippen LogP contribution is 2.31. The molecule has 0 saturated carbocycles. The van der Waals surface area contributed by atoms with Crippen LogP contribution in [0.4, 0.5) is 4.79 Å².